The van der Waals surface area contributed by atoms with Crippen molar-refractivity contribution >= 4 is 50.2 Å². The van der Waals surface area contributed by atoms with Crippen LogP contribution in [0, 0.1) is 6.92 Å². The summed E-state index contributed by atoms with van der Waals surface area (Å²) in [6.07, 6.45) is 2.82. The maximum Gasteiger partial charge on any atom is 0.229 e. The molecule has 38 heavy (non-hydrogen) atoms. The molecule has 200 valence electrons. The highest BCUT2D eigenvalue weighted by atomic mass is 79.9. The van der Waals surface area contributed by atoms with Crippen molar-refractivity contribution < 1.29 is 0 Å². The minimum Gasteiger partial charge on any atom is -0.363 e. The average Bonchev–Trinajstić information content (AvgIpc) is 3.26. The third-order valence-electron chi connectivity index (χ3n) is 7.88. The Bertz CT molecular complexity index is 1450. The molecule has 1 fully saturated rings. The van der Waals surface area contributed by atoms with Gasteiger partial charge in [0.15, 0.2) is 11.5 Å². The first kappa shape index (κ1) is 26.5. The maximum absolute atomic E-state index is 5.11. The van der Waals surface area contributed by atoms with Gasteiger partial charge in [-0.1, -0.05) is 55.8 Å². The van der Waals surface area contributed by atoms with Crippen LogP contribution in [0.5, 0.6) is 0 Å². The third-order valence-corrected chi connectivity index (χ3v) is 8.40. The van der Waals surface area contributed by atoms with Crippen molar-refractivity contribution in [2.24, 2.45) is 7.05 Å². The van der Waals surface area contributed by atoms with Gasteiger partial charge in [-0.05, 0) is 67.1 Å². The van der Waals surface area contributed by atoms with Gasteiger partial charge in [0.05, 0.1) is 11.9 Å². The molecule has 0 radical (unpaired) electrons. The van der Waals surface area contributed by atoms with Crippen LogP contribution in [0.15, 0.2) is 53.3 Å². The molecule has 1 saturated heterocycles. The molecule has 4 aromatic rings. The van der Waals surface area contributed by atoms with Crippen LogP contribution in [0.2, 0.25) is 0 Å². The van der Waals surface area contributed by atoms with Crippen molar-refractivity contribution in [3.63, 3.8) is 0 Å². The molecule has 1 atom stereocenters. The molecular formula is C30H38BrN7. The van der Waals surface area contributed by atoms with Crippen LogP contribution in [-0.4, -0.2) is 44.7 Å². The standard InChI is InChI=1S/C30H38BrN7/c1-8-30(6)18-37(15-16-38(30)23-13-11-22(31)12-14-23)28-34-26-25(36(7)19-32-26)27(35-28)33-24-17-21(29(3,4)5)10-9-20(24)2/h9-14,17,19H,8,15-16,18H2,1-7H3,(H,33,34,35). The Morgan fingerprint density at radius 1 is 1.05 bits per heavy atom. The zero-order chi connectivity index (χ0) is 27.2. The lowest BCUT2D eigenvalue weighted by molar-refractivity contribution is 0.369. The van der Waals surface area contributed by atoms with Gasteiger partial charge >= 0.3 is 0 Å². The van der Waals surface area contributed by atoms with Gasteiger partial charge in [-0.3, -0.25) is 0 Å². The first-order valence-corrected chi connectivity index (χ1v) is 14.1. The van der Waals surface area contributed by atoms with Crippen molar-refractivity contribution in [2.75, 3.05) is 34.8 Å². The van der Waals surface area contributed by atoms with Gasteiger partial charge in [-0.25, -0.2) is 4.98 Å². The lowest BCUT2D eigenvalue weighted by Gasteiger charge is -2.50. The molecule has 0 bridgehead atoms. The van der Waals surface area contributed by atoms with Crippen molar-refractivity contribution in [2.45, 2.75) is 58.9 Å². The fourth-order valence-electron chi connectivity index (χ4n) is 5.23. The Morgan fingerprint density at radius 2 is 1.79 bits per heavy atom. The van der Waals surface area contributed by atoms with E-state index in [9.17, 15) is 0 Å². The van der Waals surface area contributed by atoms with E-state index >= 15 is 0 Å². The second kappa shape index (κ2) is 9.88. The Hall–Kier alpha value is -3.13. The minimum atomic E-state index is -0.0558. The van der Waals surface area contributed by atoms with Crippen LogP contribution in [0.3, 0.4) is 0 Å². The molecule has 0 amide bonds. The molecule has 0 aliphatic carbocycles. The molecule has 3 heterocycles. The second-order valence-corrected chi connectivity index (χ2v) is 12.6. The van der Waals surface area contributed by atoms with Crippen LogP contribution in [-0.2, 0) is 12.5 Å². The number of hydrogen-bond acceptors (Lipinski definition) is 6. The molecule has 1 aliphatic heterocycles. The number of aryl methyl sites for hydroxylation is 2. The summed E-state index contributed by atoms with van der Waals surface area (Å²) < 4.78 is 3.09. The zero-order valence-electron chi connectivity index (χ0n) is 23.5. The van der Waals surface area contributed by atoms with E-state index < -0.39 is 0 Å². The third kappa shape index (κ3) is 4.98. The number of aromatic nitrogens is 4. The summed E-state index contributed by atoms with van der Waals surface area (Å²) in [6.45, 7) is 16.0. The highest BCUT2D eigenvalue weighted by molar-refractivity contribution is 9.10. The molecule has 0 saturated carbocycles. The topological polar surface area (TPSA) is 62.1 Å². The first-order chi connectivity index (χ1) is 18.0. The number of imidazole rings is 1. The van der Waals surface area contributed by atoms with Gasteiger partial charge < -0.3 is 19.7 Å². The van der Waals surface area contributed by atoms with Crippen LogP contribution in [0.1, 0.15) is 52.2 Å². The molecular weight excluding hydrogens is 538 g/mol. The number of piperazine rings is 1. The molecule has 0 spiro atoms. The Labute approximate surface area is 234 Å². The van der Waals surface area contributed by atoms with E-state index in [0.29, 0.717) is 5.65 Å². The van der Waals surface area contributed by atoms with Crippen LogP contribution < -0.4 is 15.1 Å². The van der Waals surface area contributed by atoms with Crippen LogP contribution in [0.25, 0.3) is 11.2 Å². The number of halogens is 1. The SMILES string of the molecule is CCC1(C)CN(c2nc(Nc3cc(C(C)(C)C)ccc3C)c3c(ncn3C)n2)CCN1c1ccc(Br)cc1. The highest BCUT2D eigenvalue weighted by Gasteiger charge is 2.37. The number of nitrogens with one attached hydrogen (secondary N) is 1. The van der Waals surface area contributed by atoms with E-state index in [1.54, 1.807) is 0 Å². The fourth-order valence-corrected chi connectivity index (χ4v) is 5.49. The Kier molecular flexibility index (Phi) is 6.88. The molecule has 1 N–H and O–H groups in total. The number of anilines is 4. The van der Waals surface area contributed by atoms with Gasteiger partial charge in [0, 0.05) is 42.5 Å². The lowest BCUT2D eigenvalue weighted by Crippen LogP contribution is -2.61. The number of fused-ring (bicyclic) bond motifs is 1. The van der Waals surface area contributed by atoms with E-state index in [1.165, 1.54) is 16.8 Å². The molecule has 5 rings (SSSR count). The van der Waals surface area contributed by atoms with Crippen LogP contribution in [0.4, 0.5) is 23.1 Å². The Morgan fingerprint density at radius 3 is 2.47 bits per heavy atom. The largest absolute Gasteiger partial charge is 0.363 e. The van der Waals surface area contributed by atoms with E-state index in [1.807, 2.05) is 17.9 Å². The summed E-state index contributed by atoms with van der Waals surface area (Å²) in [5.41, 5.74) is 6.37. The molecule has 1 unspecified atom stereocenters. The van der Waals surface area contributed by atoms with Gasteiger partial charge in [0.2, 0.25) is 5.95 Å². The predicted octanol–water partition coefficient (Wildman–Crippen LogP) is 6.97. The first-order valence-electron chi connectivity index (χ1n) is 13.3. The summed E-state index contributed by atoms with van der Waals surface area (Å²) in [5, 5.41) is 3.66. The summed E-state index contributed by atoms with van der Waals surface area (Å²) >= 11 is 3.57. The zero-order valence-corrected chi connectivity index (χ0v) is 25.1. The summed E-state index contributed by atoms with van der Waals surface area (Å²) in [6, 6.07) is 15.3. The summed E-state index contributed by atoms with van der Waals surface area (Å²) in [7, 11) is 1.99. The van der Waals surface area contributed by atoms with Gasteiger partial charge in [-0.15, -0.1) is 0 Å². The van der Waals surface area contributed by atoms with Crippen molar-refractivity contribution in [3.8, 4) is 0 Å². The van der Waals surface area contributed by atoms with Gasteiger partial charge in [0.25, 0.3) is 0 Å². The smallest absolute Gasteiger partial charge is 0.229 e. The lowest BCUT2D eigenvalue weighted by atomic mass is 9.86. The quantitative estimate of drug-likeness (QED) is 0.277. The van der Waals surface area contributed by atoms with Crippen molar-refractivity contribution in [1.82, 2.24) is 19.5 Å². The number of benzene rings is 2. The van der Waals surface area contributed by atoms with Crippen molar-refractivity contribution in [3.05, 3.63) is 64.4 Å². The summed E-state index contributed by atoms with van der Waals surface area (Å²) in [5.74, 6) is 1.51. The average molecular weight is 577 g/mol. The maximum atomic E-state index is 5.11. The molecule has 2 aromatic carbocycles. The number of rotatable bonds is 5. The Balaban J connectivity index is 1.51. The molecule has 1 aliphatic rings. The molecule has 2 aromatic heterocycles. The predicted molar refractivity (Wildman–Crippen MR) is 162 cm³/mol. The van der Waals surface area contributed by atoms with E-state index in [0.717, 1.165) is 53.5 Å². The van der Waals surface area contributed by atoms with E-state index in [2.05, 4.69) is 120 Å². The summed E-state index contributed by atoms with van der Waals surface area (Å²) in [4.78, 5) is 19.5. The van der Waals surface area contributed by atoms with Crippen molar-refractivity contribution in [1.29, 1.82) is 0 Å². The van der Waals surface area contributed by atoms with E-state index in [-0.39, 0.29) is 11.0 Å². The fraction of sp³-hybridized carbons (Fsp3) is 0.433. The van der Waals surface area contributed by atoms with Gasteiger partial charge in [0.1, 0.15) is 5.52 Å². The molecule has 7 nitrogen and oxygen atoms in total. The van der Waals surface area contributed by atoms with Gasteiger partial charge in [-0.2, -0.15) is 9.97 Å². The normalized spacial score (nSPS) is 18.3. The number of hydrogen-bond donors (Lipinski definition) is 1. The highest BCUT2D eigenvalue weighted by Crippen LogP contribution is 2.35. The monoisotopic (exact) mass is 575 g/mol. The molecule has 8 heteroatoms. The second-order valence-electron chi connectivity index (χ2n) is 11.7. The van der Waals surface area contributed by atoms with Crippen LogP contribution >= 0.6 is 15.9 Å². The van der Waals surface area contributed by atoms with E-state index in [4.69, 9.17) is 9.97 Å². The minimum absolute atomic E-state index is 0.0558. The number of nitrogens with zero attached hydrogens (tertiary/aromatic N) is 6.